The molecule has 0 aliphatic rings. The topological polar surface area (TPSA) is 68.3 Å². The van der Waals surface area contributed by atoms with E-state index in [9.17, 15) is 17.4 Å². The maximum absolute atomic E-state index is 12.9. The largest absolute Gasteiger partial charge is 0.433 e. The fourth-order valence-corrected chi connectivity index (χ4v) is 2.21. The number of hydrogen-bond acceptors (Lipinski definition) is 3. The van der Waals surface area contributed by atoms with Crippen molar-refractivity contribution in [1.29, 1.82) is 0 Å². The van der Waals surface area contributed by atoms with Crippen LogP contribution < -0.4 is 5.73 Å². The van der Waals surface area contributed by atoms with Gasteiger partial charge in [-0.1, -0.05) is 0 Å². The zero-order valence-corrected chi connectivity index (χ0v) is 13.3. The molecule has 0 amide bonds. The van der Waals surface area contributed by atoms with E-state index in [1.807, 2.05) is 0 Å². The third-order valence-corrected chi connectivity index (χ3v) is 4.18. The highest BCUT2D eigenvalue weighted by atomic mass is 32.2. The molecule has 1 aromatic heterocycles. The first kappa shape index (κ1) is 17.6. The quantitative estimate of drug-likeness (QED) is 0.850. The highest BCUT2D eigenvalue weighted by molar-refractivity contribution is 7.85. The van der Waals surface area contributed by atoms with E-state index in [1.165, 1.54) is 19.9 Å². The summed E-state index contributed by atoms with van der Waals surface area (Å²) in [5.74, 6) is -0.251. The van der Waals surface area contributed by atoms with E-state index in [2.05, 4.69) is 9.38 Å². The van der Waals surface area contributed by atoms with Crippen LogP contribution in [-0.4, -0.2) is 19.7 Å². The lowest BCUT2D eigenvalue weighted by molar-refractivity contribution is -0.141. The van der Waals surface area contributed by atoms with Crippen LogP contribution >= 0.6 is 0 Å². The van der Waals surface area contributed by atoms with Crippen molar-refractivity contribution in [3.8, 4) is 0 Å². The second-order valence-electron chi connectivity index (χ2n) is 5.60. The Morgan fingerprint density at radius 2 is 1.86 bits per heavy atom. The molecule has 1 atom stereocenters. The Labute approximate surface area is 124 Å². The molecule has 0 radical (unpaired) electrons. The van der Waals surface area contributed by atoms with Crippen molar-refractivity contribution in [3.05, 3.63) is 22.9 Å². The minimum atomic E-state index is -4.60. The number of pyridine rings is 1. The van der Waals surface area contributed by atoms with Crippen molar-refractivity contribution in [3.63, 3.8) is 0 Å². The van der Waals surface area contributed by atoms with Gasteiger partial charge < -0.3 is 5.73 Å². The lowest BCUT2D eigenvalue weighted by atomic mass is 10.0. The predicted molar refractivity (Wildman–Crippen MR) is 78.5 cm³/mol. The van der Waals surface area contributed by atoms with E-state index in [-0.39, 0.29) is 22.7 Å². The Bertz CT molecular complexity index is 604. The highest BCUT2D eigenvalue weighted by Crippen LogP contribution is 2.32. The molecule has 0 fully saturated rings. The molecule has 0 spiro atoms. The SMILES string of the molecule is CC(=NS(=O)C(C)(C)C)c1cc(N)nc(C(F)(F)F)c1C. The van der Waals surface area contributed by atoms with Gasteiger partial charge in [0.25, 0.3) is 0 Å². The van der Waals surface area contributed by atoms with Gasteiger partial charge in [0.1, 0.15) is 22.5 Å². The maximum Gasteiger partial charge on any atom is 0.433 e. The number of nitrogen functional groups attached to an aromatic ring is 1. The van der Waals surface area contributed by atoms with Gasteiger partial charge >= 0.3 is 6.18 Å². The smallest absolute Gasteiger partial charge is 0.384 e. The molecule has 0 aromatic carbocycles. The van der Waals surface area contributed by atoms with Gasteiger partial charge in [-0.25, -0.2) is 9.19 Å². The summed E-state index contributed by atoms with van der Waals surface area (Å²) >= 11 is 0. The Morgan fingerprint density at radius 3 is 2.29 bits per heavy atom. The summed E-state index contributed by atoms with van der Waals surface area (Å²) in [6.07, 6.45) is -4.60. The van der Waals surface area contributed by atoms with Gasteiger partial charge in [0, 0.05) is 5.56 Å². The number of nitrogens with zero attached hydrogens (tertiary/aromatic N) is 2. The molecule has 8 heteroatoms. The number of halogens is 3. The van der Waals surface area contributed by atoms with Crippen molar-refractivity contribution in [2.75, 3.05) is 5.73 Å². The van der Waals surface area contributed by atoms with Gasteiger partial charge in [0.15, 0.2) is 0 Å². The summed E-state index contributed by atoms with van der Waals surface area (Å²) in [6.45, 7) is 7.99. The third kappa shape index (κ3) is 4.26. The molecule has 0 bridgehead atoms. The van der Waals surface area contributed by atoms with Crippen molar-refractivity contribution in [2.24, 2.45) is 4.40 Å². The van der Waals surface area contributed by atoms with E-state index in [0.717, 1.165) is 0 Å². The number of alkyl halides is 3. The van der Waals surface area contributed by atoms with Crippen molar-refractivity contribution in [1.82, 2.24) is 4.98 Å². The molecule has 0 aliphatic carbocycles. The number of anilines is 1. The highest BCUT2D eigenvalue weighted by Gasteiger charge is 2.36. The second kappa shape index (κ2) is 5.75. The molecule has 0 saturated carbocycles. The zero-order valence-electron chi connectivity index (χ0n) is 12.5. The van der Waals surface area contributed by atoms with Gasteiger partial charge in [0.05, 0.1) is 10.5 Å². The number of rotatable bonds is 2. The van der Waals surface area contributed by atoms with Crippen LogP contribution in [0.25, 0.3) is 0 Å². The summed E-state index contributed by atoms with van der Waals surface area (Å²) < 4.78 is 54.1. The average molecular weight is 321 g/mol. The number of aromatic nitrogens is 1. The molecule has 118 valence electrons. The van der Waals surface area contributed by atoms with Crippen LogP contribution in [-0.2, 0) is 17.2 Å². The maximum atomic E-state index is 12.9. The Balaban J connectivity index is 3.42. The molecule has 2 N–H and O–H groups in total. The van der Waals surface area contributed by atoms with Gasteiger partial charge in [-0.3, -0.25) is 0 Å². The molecule has 1 rings (SSSR count). The third-order valence-electron chi connectivity index (χ3n) is 2.69. The van der Waals surface area contributed by atoms with Gasteiger partial charge in [-0.05, 0) is 46.2 Å². The number of nitrogens with two attached hydrogens (primary N) is 1. The van der Waals surface area contributed by atoms with E-state index < -0.39 is 27.6 Å². The Hall–Kier alpha value is -1.44. The molecule has 0 saturated heterocycles. The van der Waals surface area contributed by atoms with Gasteiger partial charge in [-0.15, -0.1) is 0 Å². The molecular weight excluding hydrogens is 303 g/mol. The Morgan fingerprint density at radius 1 is 1.33 bits per heavy atom. The van der Waals surface area contributed by atoms with Gasteiger partial charge in [0.2, 0.25) is 0 Å². The van der Waals surface area contributed by atoms with Crippen molar-refractivity contribution >= 4 is 22.5 Å². The van der Waals surface area contributed by atoms with Crippen molar-refractivity contribution in [2.45, 2.75) is 45.5 Å². The first-order chi connectivity index (χ1) is 9.34. The minimum Gasteiger partial charge on any atom is -0.384 e. The minimum absolute atomic E-state index is 0.0798. The monoisotopic (exact) mass is 321 g/mol. The fourth-order valence-electron chi connectivity index (χ4n) is 1.59. The Kier molecular flexibility index (Phi) is 4.82. The van der Waals surface area contributed by atoms with E-state index >= 15 is 0 Å². The summed E-state index contributed by atoms with van der Waals surface area (Å²) in [7, 11) is -1.57. The molecule has 4 nitrogen and oxygen atoms in total. The summed E-state index contributed by atoms with van der Waals surface area (Å²) in [6, 6.07) is 1.31. The van der Waals surface area contributed by atoms with E-state index in [0.29, 0.717) is 0 Å². The number of hydrogen-bond donors (Lipinski definition) is 1. The summed E-state index contributed by atoms with van der Waals surface area (Å²) in [5.41, 5.74) is 4.75. The average Bonchev–Trinajstić information content (AvgIpc) is 2.28. The van der Waals surface area contributed by atoms with Crippen LogP contribution in [0.1, 0.15) is 44.5 Å². The van der Waals surface area contributed by atoms with Crippen LogP contribution in [0.4, 0.5) is 19.0 Å². The molecule has 1 heterocycles. The first-order valence-electron chi connectivity index (χ1n) is 6.16. The standard InChI is InChI=1S/C13H18F3N3OS/c1-7-9(8(2)19-21(20)12(3,4)5)6-10(17)18-11(7)13(14,15)16/h6H,1-5H3,(H2,17,18). The lowest BCUT2D eigenvalue weighted by Crippen LogP contribution is -2.21. The van der Waals surface area contributed by atoms with Crippen LogP contribution in [0.2, 0.25) is 0 Å². The molecule has 21 heavy (non-hydrogen) atoms. The molecule has 1 aromatic rings. The summed E-state index contributed by atoms with van der Waals surface area (Å²) in [5, 5.41) is 0. The molecular formula is C13H18F3N3OS. The van der Waals surface area contributed by atoms with Crippen molar-refractivity contribution < 1.29 is 17.4 Å². The fraction of sp³-hybridized carbons (Fsp3) is 0.538. The van der Waals surface area contributed by atoms with E-state index in [4.69, 9.17) is 5.73 Å². The summed E-state index contributed by atoms with van der Waals surface area (Å²) in [4.78, 5) is 3.34. The van der Waals surface area contributed by atoms with Crippen LogP contribution in [0, 0.1) is 6.92 Å². The normalized spacial score (nSPS) is 15.1. The lowest BCUT2D eigenvalue weighted by Gasteiger charge is -2.16. The van der Waals surface area contributed by atoms with Crippen LogP contribution in [0.15, 0.2) is 10.5 Å². The van der Waals surface area contributed by atoms with Crippen LogP contribution in [0.3, 0.4) is 0 Å². The zero-order chi connectivity index (χ0) is 16.6. The van der Waals surface area contributed by atoms with E-state index in [1.54, 1.807) is 20.8 Å². The second-order valence-corrected chi connectivity index (χ2v) is 7.51. The predicted octanol–water partition coefficient (Wildman–Crippen LogP) is 3.26. The molecule has 0 aliphatic heterocycles. The molecule has 1 unspecified atom stereocenters. The first-order valence-corrected chi connectivity index (χ1v) is 7.26. The van der Waals surface area contributed by atoms with Gasteiger partial charge in [-0.2, -0.15) is 17.6 Å². The van der Waals surface area contributed by atoms with Crippen LogP contribution in [0.5, 0.6) is 0 Å².